The van der Waals surface area contributed by atoms with Crippen LogP contribution in [-0.4, -0.2) is 53.2 Å². The molecule has 5 nitrogen and oxygen atoms in total. The predicted molar refractivity (Wildman–Crippen MR) is 94.2 cm³/mol. The molecule has 1 aliphatic rings. The topological polar surface area (TPSA) is 45.7 Å². The lowest BCUT2D eigenvalue weighted by Gasteiger charge is -2.25. The van der Waals surface area contributed by atoms with Crippen LogP contribution in [0, 0.1) is 5.92 Å². The minimum absolute atomic E-state index is 0.195. The van der Waals surface area contributed by atoms with Gasteiger partial charge in [0.1, 0.15) is 10.2 Å². The van der Waals surface area contributed by atoms with E-state index in [1.165, 1.54) is 5.56 Å². The van der Waals surface area contributed by atoms with Crippen LogP contribution >= 0.6 is 15.9 Å². The second-order valence-corrected chi connectivity index (χ2v) is 8.08. The summed E-state index contributed by atoms with van der Waals surface area (Å²) in [6.45, 7) is 9.10. The van der Waals surface area contributed by atoms with E-state index in [2.05, 4.69) is 38.9 Å². The molecule has 0 aromatic carbocycles. The molecule has 6 heteroatoms. The Bertz CT molecular complexity index is 528. The largest absolute Gasteiger partial charge is 0.444 e. The molecule has 1 saturated heterocycles. The van der Waals surface area contributed by atoms with Gasteiger partial charge in [0, 0.05) is 32.4 Å². The first-order valence-electron chi connectivity index (χ1n) is 8.00. The third-order valence-electron chi connectivity index (χ3n) is 3.75. The van der Waals surface area contributed by atoms with Crippen LogP contribution in [0.2, 0.25) is 0 Å². The lowest BCUT2D eigenvalue weighted by Crippen LogP contribution is -2.36. The van der Waals surface area contributed by atoms with E-state index in [0.717, 1.165) is 37.2 Å². The Hall–Kier alpha value is -1.14. The molecule has 2 heterocycles. The second-order valence-electron chi connectivity index (χ2n) is 7.27. The van der Waals surface area contributed by atoms with Crippen LogP contribution in [0.4, 0.5) is 4.79 Å². The van der Waals surface area contributed by atoms with Gasteiger partial charge in [-0.3, -0.25) is 0 Å². The van der Waals surface area contributed by atoms with Gasteiger partial charge in [-0.25, -0.2) is 9.78 Å². The first kappa shape index (κ1) is 18.2. The molecule has 1 aliphatic heterocycles. The highest BCUT2D eigenvalue weighted by Gasteiger charge is 2.30. The van der Waals surface area contributed by atoms with Crippen molar-refractivity contribution in [3.8, 4) is 0 Å². The van der Waals surface area contributed by atoms with E-state index in [4.69, 9.17) is 4.74 Å². The summed E-state index contributed by atoms with van der Waals surface area (Å²) < 4.78 is 6.30. The number of halogens is 1. The van der Waals surface area contributed by atoms with Crippen LogP contribution in [0.5, 0.6) is 0 Å². The number of hydrogen-bond donors (Lipinski definition) is 0. The molecule has 0 saturated carbocycles. The van der Waals surface area contributed by atoms with Crippen molar-refractivity contribution in [3.05, 3.63) is 28.5 Å². The molecule has 1 aromatic heterocycles. The van der Waals surface area contributed by atoms with Crippen LogP contribution in [0.25, 0.3) is 0 Å². The molecular formula is C17H26BrN3O2. The molecule has 1 fully saturated rings. The van der Waals surface area contributed by atoms with Crippen molar-refractivity contribution in [1.82, 2.24) is 14.8 Å². The van der Waals surface area contributed by atoms with Gasteiger partial charge in [0.05, 0.1) is 0 Å². The first-order chi connectivity index (χ1) is 10.7. The van der Waals surface area contributed by atoms with E-state index in [1.807, 2.05) is 37.9 Å². The number of ether oxygens (including phenoxy) is 1. The number of nitrogens with zero attached hydrogens (tertiary/aromatic N) is 3. The van der Waals surface area contributed by atoms with Crippen molar-refractivity contribution < 1.29 is 9.53 Å². The van der Waals surface area contributed by atoms with Gasteiger partial charge in [0.15, 0.2) is 0 Å². The summed E-state index contributed by atoms with van der Waals surface area (Å²) in [6, 6.07) is 4.04. The summed E-state index contributed by atoms with van der Waals surface area (Å²) in [5.74, 6) is 0.496. The van der Waals surface area contributed by atoms with Crippen molar-refractivity contribution in [2.24, 2.45) is 5.92 Å². The van der Waals surface area contributed by atoms with Crippen molar-refractivity contribution in [2.45, 2.75) is 39.3 Å². The smallest absolute Gasteiger partial charge is 0.410 e. The van der Waals surface area contributed by atoms with Crippen LogP contribution in [0.1, 0.15) is 32.8 Å². The van der Waals surface area contributed by atoms with Gasteiger partial charge in [-0.05, 0) is 67.7 Å². The molecule has 0 N–H and O–H groups in total. The average Bonchev–Trinajstić information content (AvgIpc) is 2.88. The zero-order valence-electron chi connectivity index (χ0n) is 14.4. The average molecular weight is 384 g/mol. The van der Waals surface area contributed by atoms with Crippen molar-refractivity contribution >= 4 is 22.0 Å². The van der Waals surface area contributed by atoms with Gasteiger partial charge in [-0.1, -0.05) is 6.07 Å². The summed E-state index contributed by atoms with van der Waals surface area (Å²) in [4.78, 5) is 20.5. The molecule has 1 aromatic rings. The zero-order valence-corrected chi connectivity index (χ0v) is 16.0. The Balaban J connectivity index is 1.78. The predicted octanol–water partition coefficient (Wildman–Crippen LogP) is 3.53. The molecule has 23 heavy (non-hydrogen) atoms. The van der Waals surface area contributed by atoms with Crippen molar-refractivity contribution in [3.63, 3.8) is 0 Å². The minimum atomic E-state index is -0.430. The molecule has 0 radical (unpaired) electrons. The number of carbonyl (C=O) groups excluding carboxylic acids is 1. The maximum absolute atomic E-state index is 12.1. The maximum atomic E-state index is 12.1. The normalized spacial score (nSPS) is 18.5. The minimum Gasteiger partial charge on any atom is -0.444 e. The summed E-state index contributed by atoms with van der Waals surface area (Å²) in [5, 5.41) is 0. The van der Waals surface area contributed by atoms with Gasteiger partial charge in [0.2, 0.25) is 0 Å². The fourth-order valence-electron chi connectivity index (χ4n) is 2.79. The van der Waals surface area contributed by atoms with E-state index in [-0.39, 0.29) is 6.09 Å². The van der Waals surface area contributed by atoms with Gasteiger partial charge in [-0.15, -0.1) is 0 Å². The van der Waals surface area contributed by atoms with Crippen LogP contribution < -0.4 is 0 Å². The van der Waals surface area contributed by atoms with E-state index in [1.54, 1.807) is 0 Å². The first-order valence-corrected chi connectivity index (χ1v) is 8.79. The molecule has 1 unspecified atom stereocenters. The monoisotopic (exact) mass is 383 g/mol. The number of hydrogen-bond acceptors (Lipinski definition) is 4. The summed E-state index contributed by atoms with van der Waals surface area (Å²) >= 11 is 3.35. The summed E-state index contributed by atoms with van der Waals surface area (Å²) in [7, 11) is 2.11. The Morgan fingerprint density at radius 1 is 1.48 bits per heavy atom. The molecule has 2 rings (SSSR count). The second kappa shape index (κ2) is 7.62. The molecule has 0 aliphatic carbocycles. The lowest BCUT2D eigenvalue weighted by molar-refractivity contribution is 0.0285. The van der Waals surface area contributed by atoms with Crippen molar-refractivity contribution in [2.75, 3.05) is 26.7 Å². The summed E-state index contributed by atoms with van der Waals surface area (Å²) in [5.41, 5.74) is 0.762. The van der Waals surface area contributed by atoms with E-state index >= 15 is 0 Å². The van der Waals surface area contributed by atoms with E-state index < -0.39 is 5.60 Å². The number of amides is 1. The fourth-order valence-corrected chi connectivity index (χ4v) is 3.03. The van der Waals surface area contributed by atoms with E-state index in [0.29, 0.717) is 5.92 Å². The highest BCUT2D eigenvalue weighted by molar-refractivity contribution is 9.10. The molecule has 0 bridgehead atoms. The lowest BCUT2D eigenvalue weighted by atomic mass is 10.1. The molecule has 1 atom stereocenters. The SMILES string of the molecule is CN(Cc1ccc(Br)nc1)CC1CCN(C(=O)OC(C)(C)C)C1. The Kier molecular flexibility index (Phi) is 6.03. The quantitative estimate of drug-likeness (QED) is 0.745. The van der Waals surface area contributed by atoms with Crippen LogP contribution in [0.15, 0.2) is 22.9 Å². The van der Waals surface area contributed by atoms with Crippen LogP contribution in [-0.2, 0) is 11.3 Å². The highest BCUT2D eigenvalue weighted by Crippen LogP contribution is 2.20. The third kappa shape index (κ3) is 6.11. The number of likely N-dealkylation sites (tertiary alicyclic amines) is 1. The van der Waals surface area contributed by atoms with Crippen molar-refractivity contribution in [1.29, 1.82) is 0 Å². The Morgan fingerprint density at radius 3 is 2.83 bits per heavy atom. The van der Waals surface area contributed by atoms with Gasteiger partial charge in [-0.2, -0.15) is 0 Å². The van der Waals surface area contributed by atoms with Gasteiger partial charge >= 0.3 is 6.09 Å². The molecule has 128 valence electrons. The highest BCUT2D eigenvalue weighted by atomic mass is 79.9. The van der Waals surface area contributed by atoms with E-state index in [9.17, 15) is 4.79 Å². The molecule has 0 spiro atoms. The maximum Gasteiger partial charge on any atom is 0.410 e. The van der Waals surface area contributed by atoms with Crippen LogP contribution in [0.3, 0.4) is 0 Å². The number of aromatic nitrogens is 1. The molecule has 1 amide bonds. The third-order valence-corrected chi connectivity index (χ3v) is 4.22. The zero-order chi connectivity index (χ0) is 17.0. The van der Waals surface area contributed by atoms with Gasteiger partial charge in [0.25, 0.3) is 0 Å². The number of rotatable bonds is 4. The Labute approximate surface area is 147 Å². The Morgan fingerprint density at radius 2 is 2.22 bits per heavy atom. The fraction of sp³-hybridized carbons (Fsp3) is 0.647. The molecular weight excluding hydrogens is 358 g/mol. The number of pyridine rings is 1. The number of carbonyl (C=O) groups is 1. The standard InChI is InChI=1S/C17H26BrN3O2/c1-17(2,3)23-16(22)21-8-7-14(12-21)11-20(4)10-13-5-6-15(18)19-9-13/h5-6,9,14H,7-8,10-12H2,1-4H3. The summed E-state index contributed by atoms with van der Waals surface area (Å²) in [6.07, 6.45) is 2.73. The van der Waals surface area contributed by atoms with Gasteiger partial charge < -0.3 is 14.5 Å².